The lowest BCUT2D eigenvalue weighted by Gasteiger charge is -2.26. The topological polar surface area (TPSA) is 82.6 Å². The van der Waals surface area contributed by atoms with Gasteiger partial charge in [0.1, 0.15) is 17.5 Å². The summed E-state index contributed by atoms with van der Waals surface area (Å²) >= 11 is 0. The van der Waals surface area contributed by atoms with Crippen molar-refractivity contribution in [1.29, 1.82) is 0 Å². The van der Waals surface area contributed by atoms with E-state index in [-0.39, 0.29) is 5.56 Å². The summed E-state index contributed by atoms with van der Waals surface area (Å²) in [5.74, 6) is 1.42. The van der Waals surface area contributed by atoms with Gasteiger partial charge in [-0.3, -0.25) is 5.10 Å². The fraction of sp³-hybridized carbons (Fsp3) is 0.368. The van der Waals surface area contributed by atoms with Gasteiger partial charge in [0.05, 0.1) is 6.04 Å². The van der Waals surface area contributed by atoms with Crippen molar-refractivity contribution in [3.05, 3.63) is 53.0 Å². The second-order valence-electron chi connectivity index (χ2n) is 7.07. The van der Waals surface area contributed by atoms with Crippen molar-refractivity contribution in [1.82, 2.24) is 25.1 Å². The molecule has 0 spiro atoms. The number of aromatic amines is 1. The summed E-state index contributed by atoms with van der Waals surface area (Å²) in [5, 5.41) is 10.3. The fourth-order valence-corrected chi connectivity index (χ4v) is 3.02. The molecular weight excluding hydrogens is 364 g/mol. The van der Waals surface area contributed by atoms with Gasteiger partial charge in [-0.15, -0.1) is 0 Å². The standard InChI is InChI=1S/C19H21F2N7/c1-10(14-8-13(20)6-7-15(14)21)28(3)19-23-11(2)22-18(25-19)24-17-9-16(26-27-17)12-4-5-12/h6-10,12H,4-5H2,1-3H3,(H2,22,23,24,25,26,27). The third kappa shape index (κ3) is 3.78. The molecule has 1 saturated carbocycles. The number of hydrogen-bond donors (Lipinski definition) is 2. The first-order valence-electron chi connectivity index (χ1n) is 9.13. The second-order valence-corrected chi connectivity index (χ2v) is 7.07. The zero-order chi connectivity index (χ0) is 19.8. The van der Waals surface area contributed by atoms with Crippen LogP contribution in [0.2, 0.25) is 0 Å². The van der Waals surface area contributed by atoms with Gasteiger partial charge in [0.15, 0.2) is 5.82 Å². The number of aryl methyl sites for hydroxylation is 1. The van der Waals surface area contributed by atoms with Crippen LogP contribution < -0.4 is 10.2 Å². The van der Waals surface area contributed by atoms with Gasteiger partial charge in [-0.2, -0.15) is 20.1 Å². The van der Waals surface area contributed by atoms with Crippen LogP contribution in [0.5, 0.6) is 0 Å². The first kappa shape index (κ1) is 18.3. The Bertz CT molecular complexity index is 1000. The molecular formula is C19H21F2N7. The predicted molar refractivity (Wildman–Crippen MR) is 102 cm³/mol. The summed E-state index contributed by atoms with van der Waals surface area (Å²) in [6.07, 6.45) is 2.35. The fourth-order valence-electron chi connectivity index (χ4n) is 3.02. The summed E-state index contributed by atoms with van der Waals surface area (Å²) < 4.78 is 27.7. The Labute approximate surface area is 161 Å². The lowest BCUT2D eigenvalue weighted by atomic mass is 10.1. The van der Waals surface area contributed by atoms with Crippen molar-refractivity contribution in [3.63, 3.8) is 0 Å². The number of anilines is 3. The number of nitrogens with zero attached hydrogens (tertiary/aromatic N) is 5. The smallest absolute Gasteiger partial charge is 0.233 e. The molecule has 1 fully saturated rings. The van der Waals surface area contributed by atoms with Gasteiger partial charge in [0, 0.05) is 30.3 Å². The molecule has 0 aliphatic heterocycles. The molecule has 3 aromatic rings. The number of nitrogens with one attached hydrogen (secondary N) is 2. The van der Waals surface area contributed by atoms with Crippen molar-refractivity contribution >= 4 is 17.7 Å². The van der Waals surface area contributed by atoms with E-state index in [0.29, 0.717) is 29.5 Å². The highest BCUT2D eigenvalue weighted by molar-refractivity contribution is 5.50. The Morgan fingerprint density at radius 1 is 1.18 bits per heavy atom. The molecule has 2 aromatic heterocycles. The number of halogens is 2. The van der Waals surface area contributed by atoms with E-state index in [0.717, 1.165) is 17.8 Å². The molecule has 2 N–H and O–H groups in total. The second kappa shape index (κ2) is 7.14. The first-order valence-corrected chi connectivity index (χ1v) is 9.13. The molecule has 28 heavy (non-hydrogen) atoms. The van der Waals surface area contributed by atoms with E-state index in [2.05, 4.69) is 30.5 Å². The highest BCUT2D eigenvalue weighted by Crippen LogP contribution is 2.39. The maximum atomic E-state index is 14.1. The minimum absolute atomic E-state index is 0.233. The number of rotatable bonds is 6. The highest BCUT2D eigenvalue weighted by atomic mass is 19.1. The first-order chi connectivity index (χ1) is 13.4. The van der Waals surface area contributed by atoms with E-state index in [4.69, 9.17) is 0 Å². The summed E-state index contributed by atoms with van der Waals surface area (Å²) in [6, 6.07) is 4.88. The van der Waals surface area contributed by atoms with Crippen LogP contribution in [0.1, 0.15) is 48.8 Å². The van der Waals surface area contributed by atoms with Crippen LogP contribution in [-0.4, -0.2) is 32.2 Å². The molecule has 4 rings (SSSR count). The molecule has 1 aromatic carbocycles. The van der Waals surface area contributed by atoms with E-state index in [1.54, 1.807) is 25.8 Å². The van der Waals surface area contributed by atoms with Crippen LogP contribution >= 0.6 is 0 Å². The number of benzene rings is 1. The van der Waals surface area contributed by atoms with Crippen molar-refractivity contribution in [2.45, 2.75) is 38.6 Å². The Morgan fingerprint density at radius 2 is 1.96 bits per heavy atom. The van der Waals surface area contributed by atoms with Gasteiger partial charge < -0.3 is 10.2 Å². The zero-order valence-electron chi connectivity index (χ0n) is 15.9. The van der Waals surface area contributed by atoms with E-state index in [1.807, 2.05) is 6.07 Å². The molecule has 0 amide bonds. The van der Waals surface area contributed by atoms with E-state index < -0.39 is 17.7 Å². The Kier molecular flexibility index (Phi) is 4.66. The van der Waals surface area contributed by atoms with Gasteiger partial charge in [-0.05, 0) is 44.9 Å². The molecule has 0 saturated heterocycles. The van der Waals surface area contributed by atoms with Crippen LogP contribution in [0, 0.1) is 18.6 Å². The van der Waals surface area contributed by atoms with Gasteiger partial charge in [0.2, 0.25) is 11.9 Å². The van der Waals surface area contributed by atoms with Crippen molar-refractivity contribution in [2.75, 3.05) is 17.3 Å². The number of H-pyrrole nitrogens is 1. The maximum absolute atomic E-state index is 14.1. The third-order valence-corrected chi connectivity index (χ3v) is 4.89. The van der Waals surface area contributed by atoms with E-state index in [1.165, 1.54) is 18.9 Å². The predicted octanol–water partition coefficient (Wildman–Crippen LogP) is 4.00. The zero-order valence-corrected chi connectivity index (χ0v) is 15.9. The van der Waals surface area contributed by atoms with Gasteiger partial charge in [-0.1, -0.05) is 0 Å². The molecule has 1 atom stereocenters. The van der Waals surface area contributed by atoms with E-state index in [9.17, 15) is 8.78 Å². The molecule has 0 radical (unpaired) electrons. The van der Waals surface area contributed by atoms with Gasteiger partial charge in [0.25, 0.3) is 0 Å². The summed E-state index contributed by atoms with van der Waals surface area (Å²) in [7, 11) is 1.73. The van der Waals surface area contributed by atoms with E-state index >= 15 is 0 Å². The monoisotopic (exact) mass is 385 g/mol. The molecule has 7 nitrogen and oxygen atoms in total. The Hall–Kier alpha value is -3.10. The molecule has 1 aliphatic carbocycles. The summed E-state index contributed by atoms with van der Waals surface area (Å²) in [6.45, 7) is 3.51. The SMILES string of the molecule is Cc1nc(Nc2cc(C3CC3)[nH]n2)nc(N(C)C(C)c2cc(F)ccc2F)n1. The van der Waals surface area contributed by atoms with Crippen LogP contribution in [0.25, 0.3) is 0 Å². The minimum atomic E-state index is -0.490. The Morgan fingerprint density at radius 3 is 2.71 bits per heavy atom. The number of hydrogen-bond acceptors (Lipinski definition) is 6. The molecule has 0 bridgehead atoms. The molecule has 1 unspecified atom stereocenters. The molecule has 9 heteroatoms. The highest BCUT2D eigenvalue weighted by Gasteiger charge is 2.26. The van der Waals surface area contributed by atoms with Crippen LogP contribution in [-0.2, 0) is 0 Å². The average Bonchev–Trinajstić information content (AvgIpc) is 3.41. The molecule has 1 aliphatic rings. The minimum Gasteiger partial charge on any atom is -0.337 e. The summed E-state index contributed by atoms with van der Waals surface area (Å²) in [4.78, 5) is 14.7. The van der Waals surface area contributed by atoms with Crippen molar-refractivity contribution < 1.29 is 8.78 Å². The quantitative estimate of drug-likeness (QED) is 0.667. The normalized spacial score (nSPS) is 14.8. The largest absolute Gasteiger partial charge is 0.337 e. The lowest BCUT2D eigenvalue weighted by molar-refractivity contribution is 0.562. The molecule has 146 valence electrons. The van der Waals surface area contributed by atoms with Gasteiger partial charge >= 0.3 is 0 Å². The van der Waals surface area contributed by atoms with Crippen molar-refractivity contribution in [3.8, 4) is 0 Å². The van der Waals surface area contributed by atoms with Crippen molar-refractivity contribution in [2.24, 2.45) is 0 Å². The lowest BCUT2D eigenvalue weighted by Crippen LogP contribution is -2.25. The average molecular weight is 385 g/mol. The van der Waals surface area contributed by atoms with Crippen LogP contribution in [0.3, 0.4) is 0 Å². The third-order valence-electron chi connectivity index (χ3n) is 4.89. The Balaban J connectivity index is 1.57. The maximum Gasteiger partial charge on any atom is 0.233 e. The van der Waals surface area contributed by atoms with Gasteiger partial charge in [-0.25, -0.2) is 8.78 Å². The van der Waals surface area contributed by atoms with Crippen LogP contribution in [0.15, 0.2) is 24.3 Å². The summed E-state index contributed by atoms with van der Waals surface area (Å²) in [5.41, 5.74) is 1.33. The number of aromatic nitrogens is 5. The molecule has 2 heterocycles. The van der Waals surface area contributed by atoms with Crippen LogP contribution in [0.4, 0.5) is 26.5 Å².